The number of aryl methyl sites for hydroxylation is 1. The van der Waals surface area contributed by atoms with E-state index in [1.165, 1.54) is 17.7 Å². The van der Waals surface area contributed by atoms with Gasteiger partial charge in [0.15, 0.2) is 0 Å². The van der Waals surface area contributed by atoms with Gasteiger partial charge in [0.1, 0.15) is 0 Å². The summed E-state index contributed by atoms with van der Waals surface area (Å²) in [6, 6.07) is 6.38. The van der Waals surface area contributed by atoms with Crippen LogP contribution in [0, 0.1) is 18.8 Å². The van der Waals surface area contributed by atoms with Crippen LogP contribution in [0.2, 0.25) is 0 Å². The zero-order chi connectivity index (χ0) is 11.7. The quantitative estimate of drug-likeness (QED) is 0.734. The highest BCUT2D eigenvalue weighted by atomic mass is 15.1. The Morgan fingerprint density at radius 3 is 2.38 bits per heavy atom. The van der Waals surface area contributed by atoms with Gasteiger partial charge in [0, 0.05) is 13.1 Å². The fourth-order valence-electron chi connectivity index (χ4n) is 2.82. The lowest BCUT2D eigenvalue weighted by Gasteiger charge is -2.37. The van der Waals surface area contributed by atoms with Crippen LogP contribution < -0.4 is 10.6 Å². The molecule has 2 heteroatoms. The Balaban J connectivity index is 2.23. The average molecular weight is 218 g/mol. The van der Waals surface area contributed by atoms with Crippen molar-refractivity contribution in [2.45, 2.75) is 27.2 Å². The van der Waals surface area contributed by atoms with Crippen LogP contribution in [-0.4, -0.2) is 13.1 Å². The van der Waals surface area contributed by atoms with Gasteiger partial charge in [0.05, 0.1) is 11.4 Å². The van der Waals surface area contributed by atoms with Crippen LogP contribution in [0.4, 0.5) is 11.4 Å². The van der Waals surface area contributed by atoms with Crippen molar-refractivity contribution < 1.29 is 0 Å². The lowest BCUT2D eigenvalue weighted by molar-refractivity contribution is 0.357. The fraction of sp³-hybridized carbons (Fsp3) is 0.571. The summed E-state index contributed by atoms with van der Waals surface area (Å²) < 4.78 is 0. The second-order valence-corrected chi connectivity index (χ2v) is 5.41. The first kappa shape index (κ1) is 11.3. The monoisotopic (exact) mass is 218 g/mol. The topological polar surface area (TPSA) is 29.3 Å². The van der Waals surface area contributed by atoms with Gasteiger partial charge in [0.2, 0.25) is 0 Å². The number of anilines is 2. The average Bonchev–Trinajstić information content (AvgIpc) is 2.15. The summed E-state index contributed by atoms with van der Waals surface area (Å²) in [5, 5.41) is 0. The van der Waals surface area contributed by atoms with Gasteiger partial charge in [-0.1, -0.05) is 19.9 Å². The van der Waals surface area contributed by atoms with Crippen LogP contribution in [-0.2, 0) is 0 Å². The summed E-state index contributed by atoms with van der Waals surface area (Å²) in [7, 11) is 0. The van der Waals surface area contributed by atoms with Gasteiger partial charge in [-0.15, -0.1) is 0 Å². The summed E-state index contributed by atoms with van der Waals surface area (Å²) in [4.78, 5) is 2.44. The number of nitrogen functional groups attached to an aromatic ring is 1. The Morgan fingerprint density at radius 1 is 1.19 bits per heavy atom. The molecule has 0 amide bonds. The molecule has 0 radical (unpaired) electrons. The molecule has 1 aromatic carbocycles. The third-order valence-corrected chi connectivity index (χ3v) is 3.39. The van der Waals surface area contributed by atoms with Gasteiger partial charge in [-0.05, 0) is 42.9 Å². The number of benzene rings is 1. The van der Waals surface area contributed by atoms with Crippen molar-refractivity contribution in [3.8, 4) is 0 Å². The summed E-state index contributed by atoms with van der Waals surface area (Å²) in [5.74, 6) is 1.54. The van der Waals surface area contributed by atoms with Crippen LogP contribution in [0.15, 0.2) is 18.2 Å². The lowest BCUT2D eigenvalue weighted by atomic mass is 9.91. The zero-order valence-electron chi connectivity index (χ0n) is 10.5. The number of hydrogen-bond donors (Lipinski definition) is 1. The molecule has 0 saturated carbocycles. The SMILES string of the molecule is Cc1ccc(N2CC(C)CC(C)C2)c(N)c1. The first-order valence-corrected chi connectivity index (χ1v) is 6.17. The van der Waals surface area contributed by atoms with Crippen molar-refractivity contribution in [3.05, 3.63) is 23.8 Å². The maximum Gasteiger partial charge on any atom is 0.0600 e. The van der Waals surface area contributed by atoms with Crippen molar-refractivity contribution in [3.63, 3.8) is 0 Å². The van der Waals surface area contributed by atoms with Crippen molar-refractivity contribution in [1.82, 2.24) is 0 Å². The molecule has 1 aliphatic rings. The molecule has 16 heavy (non-hydrogen) atoms. The molecule has 1 saturated heterocycles. The Labute approximate surface area is 98.4 Å². The lowest BCUT2D eigenvalue weighted by Crippen LogP contribution is -2.39. The molecule has 1 fully saturated rings. The van der Waals surface area contributed by atoms with Gasteiger partial charge in [0.25, 0.3) is 0 Å². The highest BCUT2D eigenvalue weighted by Crippen LogP contribution is 2.30. The second kappa shape index (κ2) is 4.36. The molecule has 2 nitrogen and oxygen atoms in total. The molecule has 2 rings (SSSR count). The molecule has 2 atom stereocenters. The van der Waals surface area contributed by atoms with E-state index in [1.807, 2.05) is 0 Å². The molecule has 1 aliphatic heterocycles. The summed E-state index contributed by atoms with van der Waals surface area (Å²) in [6.45, 7) is 9.01. The molecule has 0 spiro atoms. The fourth-order valence-corrected chi connectivity index (χ4v) is 2.82. The van der Waals surface area contributed by atoms with Crippen molar-refractivity contribution in [1.29, 1.82) is 0 Å². The molecule has 2 unspecified atom stereocenters. The van der Waals surface area contributed by atoms with Crippen LogP contribution in [0.5, 0.6) is 0 Å². The number of hydrogen-bond acceptors (Lipinski definition) is 2. The molecule has 0 bridgehead atoms. The van der Waals surface area contributed by atoms with E-state index in [9.17, 15) is 0 Å². The summed E-state index contributed by atoms with van der Waals surface area (Å²) >= 11 is 0. The summed E-state index contributed by atoms with van der Waals surface area (Å²) in [6.07, 6.45) is 1.34. The van der Waals surface area contributed by atoms with Crippen molar-refractivity contribution in [2.75, 3.05) is 23.7 Å². The van der Waals surface area contributed by atoms with Crippen molar-refractivity contribution >= 4 is 11.4 Å². The first-order valence-electron chi connectivity index (χ1n) is 6.17. The Morgan fingerprint density at radius 2 is 1.81 bits per heavy atom. The molecule has 0 aliphatic carbocycles. The van der Waals surface area contributed by atoms with E-state index in [0.29, 0.717) is 0 Å². The normalized spacial score (nSPS) is 25.8. The van der Waals surface area contributed by atoms with Gasteiger partial charge in [-0.2, -0.15) is 0 Å². The molecular weight excluding hydrogens is 196 g/mol. The summed E-state index contributed by atoms with van der Waals surface area (Å²) in [5.41, 5.74) is 9.47. The smallest absolute Gasteiger partial charge is 0.0600 e. The number of nitrogens with zero attached hydrogens (tertiary/aromatic N) is 1. The second-order valence-electron chi connectivity index (χ2n) is 5.41. The highest BCUT2D eigenvalue weighted by Gasteiger charge is 2.22. The minimum atomic E-state index is 0.768. The Hall–Kier alpha value is -1.18. The molecule has 1 heterocycles. The van der Waals surface area contributed by atoms with E-state index in [4.69, 9.17) is 5.73 Å². The Bertz CT molecular complexity index is 363. The van der Waals surface area contributed by atoms with Crippen molar-refractivity contribution in [2.24, 2.45) is 11.8 Å². The van der Waals surface area contributed by atoms with E-state index >= 15 is 0 Å². The van der Waals surface area contributed by atoms with E-state index in [1.54, 1.807) is 0 Å². The van der Waals surface area contributed by atoms with Gasteiger partial charge in [-0.3, -0.25) is 0 Å². The predicted octanol–water partition coefficient (Wildman–Crippen LogP) is 3.06. The minimum absolute atomic E-state index is 0.768. The predicted molar refractivity (Wildman–Crippen MR) is 70.7 cm³/mol. The Kier molecular flexibility index (Phi) is 3.08. The zero-order valence-corrected chi connectivity index (χ0v) is 10.5. The van der Waals surface area contributed by atoms with Gasteiger partial charge >= 0.3 is 0 Å². The van der Waals surface area contributed by atoms with E-state index < -0.39 is 0 Å². The maximum atomic E-state index is 6.10. The van der Waals surface area contributed by atoms with Crippen LogP contribution >= 0.6 is 0 Å². The molecule has 1 aromatic rings. The third kappa shape index (κ3) is 2.31. The molecule has 88 valence electrons. The van der Waals surface area contributed by atoms with Gasteiger partial charge < -0.3 is 10.6 Å². The molecule has 2 N–H and O–H groups in total. The van der Waals surface area contributed by atoms with Crippen LogP contribution in [0.1, 0.15) is 25.8 Å². The largest absolute Gasteiger partial charge is 0.397 e. The van der Waals surface area contributed by atoms with Gasteiger partial charge in [-0.25, -0.2) is 0 Å². The standard InChI is InChI=1S/C14H22N2/c1-10-4-5-14(13(15)7-10)16-8-11(2)6-12(3)9-16/h4-5,7,11-12H,6,8-9,15H2,1-3H3. The van der Waals surface area contributed by atoms with E-state index in [2.05, 4.69) is 43.9 Å². The third-order valence-electron chi connectivity index (χ3n) is 3.39. The number of piperidine rings is 1. The number of nitrogens with two attached hydrogens (primary N) is 1. The first-order chi connectivity index (χ1) is 7.56. The number of rotatable bonds is 1. The van der Waals surface area contributed by atoms with E-state index in [-0.39, 0.29) is 0 Å². The minimum Gasteiger partial charge on any atom is -0.397 e. The maximum absolute atomic E-state index is 6.10. The van der Waals surface area contributed by atoms with Crippen LogP contribution in [0.3, 0.4) is 0 Å². The molecule has 0 aromatic heterocycles. The highest BCUT2D eigenvalue weighted by molar-refractivity contribution is 5.68. The van der Waals surface area contributed by atoms with E-state index in [0.717, 1.165) is 30.6 Å². The van der Waals surface area contributed by atoms with Crippen LogP contribution in [0.25, 0.3) is 0 Å². The molecular formula is C14H22N2.